The molecule has 0 radical (unpaired) electrons. The van der Waals surface area contributed by atoms with Gasteiger partial charge in [0.15, 0.2) is 0 Å². The van der Waals surface area contributed by atoms with Gasteiger partial charge in [-0.1, -0.05) is 19.3 Å². The lowest BCUT2D eigenvalue weighted by Gasteiger charge is -2.25. The van der Waals surface area contributed by atoms with Crippen LogP contribution in [0.25, 0.3) is 0 Å². The van der Waals surface area contributed by atoms with Crippen LogP contribution in [0.3, 0.4) is 0 Å². The van der Waals surface area contributed by atoms with Gasteiger partial charge in [0.05, 0.1) is 0 Å². The Hall–Kier alpha value is -0.660. The molecule has 0 bridgehead atoms. The van der Waals surface area contributed by atoms with Crippen molar-refractivity contribution >= 4 is 31.6 Å². The topological polar surface area (TPSA) is 72.2 Å². The van der Waals surface area contributed by atoms with Crippen molar-refractivity contribution in [1.82, 2.24) is 4.72 Å². The number of rotatable bonds is 5. The lowest BCUT2D eigenvalue weighted by Crippen LogP contribution is -2.28. The van der Waals surface area contributed by atoms with Gasteiger partial charge in [0, 0.05) is 16.7 Å². The van der Waals surface area contributed by atoms with Crippen molar-refractivity contribution in [3.8, 4) is 0 Å². The van der Waals surface area contributed by atoms with E-state index in [-0.39, 0.29) is 5.69 Å². The maximum atomic E-state index is 13.7. The first-order chi connectivity index (χ1) is 8.90. The highest BCUT2D eigenvalue weighted by molar-refractivity contribution is 9.10. The van der Waals surface area contributed by atoms with Gasteiger partial charge in [-0.05, 0) is 40.4 Å². The fourth-order valence-corrected chi connectivity index (χ4v) is 3.46. The molecule has 0 unspecified atom stereocenters. The molecule has 3 N–H and O–H groups in total. The Morgan fingerprint density at radius 1 is 1.42 bits per heavy atom. The summed E-state index contributed by atoms with van der Waals surface area (Å²) in [4.78, 5) is -0.401. The molecule has 0 spiro atoms. The molecular weight excluding hydrogens is 335 g/mol. The normalized spacial score (nSPS) is 16.3. The lowest BCUT2D eigenvalue weighted by molar-refractivity contribution is 0.297. The third-order valence-electron chi connectivity index (χ3n) is 3.41. The van der Waals surface area contributed by atoms with Gasteiger partial charge < -0.3 is 5.73 Å². The Morgan fingerprint density at radius 3 is 2.68 bits per heavy atom. The summed E-state index contributed by atoms with van der Waals surface area (Å²) in [5.74, 6) is -0.209. The molecule has 0 aromatic heterocycles. The number of nitrogens with one attached hydrogen (secondary N) is 1. The smallest absolute Gasteiger partial charge is 0.243 e. The highest BCUT2D eigenvalue weighted by Crippen LogP contribution is 2.29. The summed E-state index contributed by atoms with van der Waals surface area (Å²) in [5.41, 5.74) is 5.78. The zero-order valence-electron chi connectivity index (χ0n) is 10.3. The van der Waals surface area contributed by atoms with Crippen LogP contribution in [-0.2, 0) is 10.0 Å². The Labute approximate surface area is 120 Å². The Kier molecular flexibility index (Phi) is 4.47. The molecule has 106 valence electrons. The van der Waals surface area contributed by atoms with Gasteiger partial charge in [0.2, 0.25) is 10.0 Å². The van der Waals surface area contributed by atoms with Crippen LogP contribution in [-0.4, -0.2) is 15.0 Å². The predicted molar refractivity (Wildman–Crippen MR) is 75.7 cm³/mol. The summed E-state index contributed by atoms with van der Waals surface area (Å²) in [6.45, 7) is 0.336. The second-order valence-electron chi connectivity index (χ2n) is 4.79. The van der Waals surface area contributed by atoms with Crippen LogP contribution >= 0.6 is 15.9 Å². The fraction of sp³-hybridized carbons (Fsp3) is 0.500. The second-order valence-corrected chi connectivity index (χ2v) is 7.38. The van der Waals surface area contributed by atoms with E-state index in [1.807, 2.05) is 0 Å². The number of hydrogen-bond acceptors (Lipinski definition) is 3. The lowest BCUT2D eigenvalue weighted by atomic mass is 9.83. The van der Waals surface area contributed by atoms with Crippen molar-refractivity contribution in [3.63, 3.8) is 0 Å². The first kappa shape index (κ1) is 14.7. The van der Waals surface area contributed by atoms with Gasteiger partial charge in [-0.15, -0.1) is 0 Å². The van der Waals surface area contributed by atoms with E-state index in [2.05, 4.69) is 20.7 Å². The van der Waals surface area contributed by atoms with Gasteiger partial charge in [0.25, 0.3) is 0 Å². The van der Waals surface area contributed by atoms with E-state index in [1.165, 1.54) is 6.42 Å². The van der Waals surface area contributed by atoms with Gasteiger partial charge in [-0.25, -0.2) is 17.5 Å². The minimum Gasteiger partial charge on any atom is -0.398 e. The van der Waals surface area contributed by atoms with Crippen molar-refractivity contribution < 1.29 is 12.8 Å². The third-order valence-corrected chi connectivity index (χ3v) is 5.57. The molecular formula is C12H16BrFN2O2S. The van der Waals surface area contributed by atoms with Gasteiger partial charge in [-0.2, -0.15) is 0 Å². The molecule has 1 aliphatic rings. The molecule has 19 heavy (non-hydrogen) atoms. The maximum Gasteiger partial charge on any atom is 0.243 e. The quantitative estimate of drug-likeness (QED) is 0.801. The van der Waals surface area contributed by atoms with Crippen LogP contribution in [0.4, 0.5) is 10.1 Å². The first-order valence-corrected chi connectivity index (χ1v) is 8.42. The molecule has 0 atom stereocenters. The van der Waals surface area contributed by atoms with Crippen LogP contribution in [0.2, 0.25) is 0 Å². The van der Waals surface area contributed by atoms with E-state index in [9.17, 15) is 12.8 Å². The monoisotopic (exact) mass is 350 g/mol. The largest absolute Gasteiger partial charge is 0.398 e. The number of sulfonamides is 1. The summed E-state index contributed by atoms with van der Waals surface area (Å²) in [6, 6.07) is 2.20. The summed E-state index contributed by atoms with van der Waals surface area (Å²) < 4.78 is 40.4. The van der Waals surface area contributed by atoms with E-state index in [0.717, 1.165) is 31.4 Å². The van der Waals surface area contributed by atoms with E-state index in [1.54, 1.807) is 0 Å². The number of nitrogens with two attached hydrogens (primary N) is 1. The minimum absolute atomic E-state index is 0.195. The Bertz CT molecular complexity index is 573. The summed E-state index contributed by atoms with van der Waals surface area (Å²) in [7, 11) is -3.84. The zero-order chi connectivity index (χ0) is 14.0. The molecule has 0 saturated heterocycles. The molecule has 7 heteroatoms. The molecule has 4 nitrogen and oxygen atoms in total. The number of anilines is 1. The van der Waals surface area contributed by atoms with Crippen LogP contribution in [0.1, 0.15) is 25.7 Å². The standard InChI is InChI=1S/C12H16BrFN2O2S/c13-9-6-10(14)12(7-11(9)15)19(17,18)16-5-4-8-2-1-3-8/h6-8,16H,1-5,15H2. The number of nitrogen functional groups attached to an aromatic ring is 1. The van der Waals surface area contributed by atoms with E-state index < -0.39 is 20.7 Å². The number of benzene rings is 1. The van der Waals surface area contributed by atoms with Gasteiger partial charge in [0.1, 0.15) is 10.7 Å². The average Bonchev–Trinajstić information content (AvgIpc) is 2.26. The third kappa shape index (κ3) is 3.46. The molecule has 0 heterocycles. The van der Waals surface area contributed by atoms with Crippen LogP contribution in [0.15, 0.2) is 21.5 Å². The Morgan fingerprint density at radius 2 is 2.11 bits per heavy atom. The van der Waals surface area contributed by atoms with Crippen LogP contribution in [0.5, 0.6) is 0 Å². The van der Waals surface area contributed by atoms with Crippen molar-refractivity contribution in [2.75, 3.05) is 12.3 Å². The van der Waals surface area contributed by atoms with E-state index in [4.69, 9.17) is 5.73 Å². The summed E-state index contributed by atoms with van der Waals surface area (Å²) in [6.07, 6.45) is 4.32. The maximum absolute atomic E-state index is 13.7. The molecule has 1 fully saturated rings. The highest BCUT2D eigenvalue weighted by Gasteiger charge is 2.22. The fourth-order valence-electron chi connectivity index (χ4n) is 2.01. The second kappa shape index (κ2) is 5.76. The molecule has 1 aromatic carbocycles. The van der Waals surface area contributed by atoms with E-state index in [0.29, 0.717) is 16.9 Å². The van der Waals surface area contributed by atoms with Crippen molar-refractivity contribution in [2.45, 2.75) is 30.6 Å². The SMILES string of the molecule is Nc1cc(S(=O)(=O)NCCC2CCC2)c(F)cc1Br. The predicted octanol–water partition coefficient (Wildman–Crippen LogP) is 2.64. The molecule has 0 amide bonds. The Balaban J connectivity index is 2.07. The van der Waals surface area contributed by atoms with Gasteiger partial charge >= 0.3 is 0 Å². The molecule has 0 aliphatic heterocycles. The molecule has 1 saturated carbocycles. The van der Waals surface area contributed by atoms with E-state index >= 15 is 0 Å². The van der Waals surface area contributed by atoms with Crippen LogP contribution in [0, 0.1) is 11.7 Å². The number of halogens is 2. The molecule has 1 aliphatic carbocycles. The molecule has 2 rings (SSSR count). The van der Waals surface area contributed by atoms with Crippen LogP contribution < -0.4 is 10.5 Å². The van der Waals surface area contributed by atoms with Crippen molar-refractivity contribution in [2.24, 2.45) is 5.92 Å². The number of hydrogen-bond donors (Lipinski definition) is 2. The van der Waals surface area contributed by atoms with Crippen molar-refractivity contribution in [3.05, 3.63) is 22.4 Å². The first-order valence-electron chi connectivity index (χ1n) is 6.14. The van der Waals surface area contributed by atoms with Crippen molar-refractivity contribution in [1.29, 1.82) is 0 Å². The summed E-state index contributed by atoms with van der Waals surface area (Å²) in [5, 5.41) is 0. The molecule has 1 aromatic rings. The zero-order valence-corrected chi connectivity index (χ0v) is 12.7. The highest BCUT2D eigenvalue weighted by atomic mass is 79.9. The summed E-state index contributed by atoms with van der Waals surface area (Å²) >= 11 is 3.06. The van der Waals surface area contributed by atoms with Gasteiger partial charge in [-0.3, -0.25) is 0 Å². The minimum atomic E-state index is -3.84. The average molecular weight is 351 g/mol.